The first-order valence-electron chi connectivity index (χ1n) is 5.30. The van der Waals surface area contributed by atoms with Crippen LogP contribution in [0.2, 0.25) is 0 Å². The highest BCUT2D eigenvalue weighted by Crippen LogP contribution is 2.48. The summed E-state index contributed by atoms with van der Waals surface area (Å²) in [4.78, 5) is 0. The molecule has 0 fully saturated rings. The maximum absolute atomic E-state index is 10.5. The zero-order chi connectivity index (χ0) is 14.2. The number of benzene rings is 2. The van der Waals surface area contributed by atoms with Gasteiger partial charge in [0.15, 0.2) is 26.6 Å². The average molecular weight is 374 g/mol. The monoisotopic (exact) mass is 374 g/mol. The highest BCUT2D eigenvalue weighted by Gasteiger charge is 2.35. The van der Waals surface area contributed by atoms with E-state index in [9.17, 15) is 25.5 Å². The van der Waals surface area contributed by atoms with Crippen molar-refractivity contribution in [2.75, 3.05) is 0 Å². The number of halogens is 1. The molecule has 2 aromatic carbocycles. The van der Waals surface area contributed by atoms with Gasteiger partial charge in [0.2, 0.25) is 0 Å². The van der Waals surface area contributed by atoms with Gasteiger partial charge in [0.1, 0.15) is 0 Å². The summed E-state index contributed by atoms with van der Waals surface area (Å²) in [5, 5.41) is 49.0. The van der Waals surface area contributed by atoms with Crippen LogP contribution >= 0.6 is 22.6 Å². The molecule has 2 rings (SSSR count). The van der Waals surface area contributed by atoms with Gasteiger partial charge in [-0.25, -0.2) is 0 Å². The molecule has 19 heavy (non-hydrogen) atoms. The largest absolute Gasteiger partial charge is 0.504 e. The summed E-state index contributed by atoms with van der Waals surface area (Å²) in [6, 6.07) is 8.26. The van der Waals surface area contributed by atoms with Gasteiger partial charge in [0.25, 0.3) is 0 Å². The van der Waals surface area contributed by atoms with E-state index in [4.69, 9.17) is 0 Å². The van der Waals surface area contributed by atoms with E-state index in [-0.39, 0.29) is 22.6 Å². The van der Waals surface area contributed by atoms with Gasteiger partial charge in [0.05, 0.1) is 0 Å². The number of hydrogen-bond donors (Lipinski definition) is 5. The molecule has 0 aliphatic carbocycles. The molecule has 0 saturated carbocycles. The lowest BCUT2D eigenvalue weighted by atomic mass is 9.99. The number of rotatable bonds is 2. The minimum Gasteiger partial charge on any atom is -0.504 e. The quantitative estimate of drug-likeness (QED) is 0.315. The Morgan fingerprint density at radius 3 is 1.47 bits per heavy atom. The lowest BCUT2D eigenvalue weighted by Gasteiger charge is -2.24. The number of alkyl halides is 1. The molecule has 0 aromatic heterocycles. The summed E-state index contributed by atoms with van der Waals surface area (Å²) < 4.78 is -1.80. The molecule has 0 unspecified atom stereocenters. The summed E-state index contributed by atoms with van der Waals surface area (Å²) in [7, 11) is 0. The standard InChI is InChI=1S/C13H11IO5/c14-13(19,7-3-1-5-9(15)11(7)17)8-4-2-6-10(16)12(8)18/h1-6,15-19H. The molecule has 0 atom stereocenters. The van der Waals surface area contributed by atoms with E-state index in [0.717, 1.165) is 0 Å². The molecule has 0 spiro atoms. The average Bonchev–Trinajstić information content (AvgIpc) is 2.35. The molecule has 6 heteroatoms. The van der Waals surface area contributed by atoms with Crippen molar-refractivity contribution in [1.82, 2.24) is 0 Å². The van der Waals surface area contributed by atoms with Gasteiger partial charge >= 0.3 is 0 Å². The predicted octanol–water partition coefficient (Wildman–Crippen LogP) is 2.14. The first kappa shape index (κ1) is 13.8. The van der Waals surface area contributed by atoms with Crippen LogP contribution in [0.3, 0.4) is 0 Å². The normalized spacial score (nSPS) is 11.5. The van der Waals surface area contributed by atoms with Crippen molar-refractivity contribution in [3.63, 3.8) is 0 Å². The van der Waals surface area contributed by atoms with Crippen molar-refractivity contribution < 1.29 is 25.5 Å². The molecule has 2 aromatic rings. The van der Waals surface area contributed by atoms with Crippen molar-refractivity contribution in [3.05, 3.63) is 47.5 Å². The van der Waals surface area contributed by atoms with E-state index in [0.29, 0.717) is 0 Å². The van der Waals surface area contributed by atoms with Gasteiger partial charge in [-0.1, -0.05) is 24.3 Å². The summed E-state index contributed by atoms with van der Waals surface area (Å²) in [5.74, 6) is -1.73. The SMILES string of the molecule is Oc1cccc(C(O)(I)c2cccc(O)c2O)c1O. The molecule has 0 aliphatic rings. The van der Waals surface area contributed by atoms with E-state index in [2.05, 4.69) is 0 Å². The van der Waals surface area contributed by atoms with Crippen molar-refractivity contribution in [2.24, 2.45) is 0 Å². The number of aliphatic hydroxyl groups is 1. The second-order valence-corrected chi connectivity index (χ2v) is 5.53. The van der Waals surface area contributed by atoms with Crippen molar-refractivity contribution in [3.8, 4) is 23.0 Å². The molecule has 0 radical (unpaired) electrons. The molecule has 5 N–H and O–H groups in total. The second-order valence-electron chi connectivity index (χ2n) is 3.97. The Hall–Kier alpha value is -1.67. The van der Waals surface area contributed by atoms with Gasteiger partial charge in [-0.15, -0.1) is 0 Å². The second kappa shape index (κ2) is 4.78. The third-order valence-corrected chi connectivity index (χ3v) is 3.91. The fourth-order valence-corrected chi connectivity index (χ4v) is 2.61. The minimum absolute atomic E-state index is 0.00833. The first-order chi connectivity index (χ1) is 8.85. The van der Waals surface area contributed by atoms with Crippen molar-refractivity contribution >= 4 is 22.6 Å². The van der Waals surface area contributed by atoms with E-state index >= 15 is 0 Å². The zero-order valence-corrected chi connectivity index (χ0v) is 11.7. The highest BCUT2D eigenvalue weighted by molar-refractivity contribution is 14.1. The van der Waals surface area contributed by atoms with Crippen LogP contribution in [0.4, 0.5) is 0 Å². The maximum Gasteiger partial charge on any atom is 0.173 e. The van der Waals surface area contributed by atoms with Crippen LogP contribution in [-0.2, 0) is 3.61 Å². The van der Waals surface area contributed by atoms with E-state index in [1.165, 1.54) is 36.4 Å². The molecular formula is C13H11IO5. The van der Waals surface area contributed by atoms with E-state index in [1.54, 1.807) is 22.6 Å². The Labute approximate surface area is 122 Å². The summed E-state index contributed by atoms with van der Waals surface area (Å²) in [5.41, 5.74) is 0.0167. The molecule has 5 nitrogen and oxygen atoms in total. The van der Waals surface area contributed by atoms with Crippen molar-refractivity contribution in [2.45, 2.75) is 3.61 Å². The topological polar surface area (TPSA) is 101 Å². The maximum atomic E-state index is 10.5. The van der Waals surface area contributed by atoms with Crippen LogP contribution in [0.15, 0.2) is 36.4 Å². The number of phenols is 4. The number of para-hydroxylation sites is 2. The Morgan fingerprint density at radius 1 is 0.737 bits per heavy atom. The van der Waals surface area contributed by atoms with Gasteiger partial charge in [0, 0.05) is 11.1 Å². The first-order valence-corrected chi connectivity index (χ1v) is 6.37. The molecule has 0 bridgehead atoms. The van der Waals surface area contributed by atoms with Crippen LogP contribution in [0.25, 0.3) is 0 Å². The van der Waals surface area contributed by atoms with Crippen LogP contribution < -0.4 is 0 Å². The van der Waals surface area contributed by atoms with Gasteiger partial charge in [-0.2, -0.15) is 0 Å². The molecule has 0 amide bonds. The molecule has 0 heterocycles. The summed E-state index contributed by atoms with van der Waals surface area (Å²) in [6.45, 7) is 0. The van der Waals surface area contributed by atoms with Crippen LogP contribution in [-0.4, -0.2) is 25.5 Å². The third kappa shape index (κ3) is 2.28. The van der Waals surface area contributed by atoms with Gasteiger partial charge in [-0.05, 0) is 34.7 Å². The fourth-order valence-electron chi connectivity index (χ4n) is 1.74. The fraction of sp³-hybridized carbons (Fsp3) is 0.0769. The van der Waals surface area contributed by atoms with Gasteiger partial charge < -0.3 is 25.5 Å². The van der Waals surface area contributed by atoms with Crippen LogP contribution in [0.1, 0.15) is 11.1 Å². The van der Waals surface area contributed by atoms with E-state index < -0.39 is 15.1 Å². The van der Waals surface area contributed by atoms with Crippen molar-refractivity contribution in [1.29, 1.82) is 0 Å². The van der Waals surface area contributed by atoms with Crippen LogP contribution in [0, 0.1) is 0 Å². The summed E-state index contributed by atoms with van der Waals surface area (Å²) >= 11 is 1.61. The number of phenolic OH excluding ortho intramolecular Hbond substituents is 4. The van der Waals surface area contributed by atoms with Crippen LogP contribution in [0.5, 0.6) is 23.0 Å². The molecule has 0 saturated heterocycles. The van der Waals surface area contributed by atoms with E-state index in [1.807, 2.05) is 0 Å². The zero-order valence-electron chi connectivity index (χ0n) is 9.58. The van der Waals surface area contributed by atoms with Gasteiger partial charge in [-0.3, -0.25) is 0 Å². The Balaban J connectivity index is 2.65. The third-order valence-electron chi connectivity index (χ3n) is 2.74. The Morgan fingerprint density at radius 2 is 1.11 bits per heavy atom. The predicted molar refractivity (Wildman–Crippen MR) is 76.6 cm³/mol. The summed E-state index contributed by atoms with van der Waals surface area (Å²) in [6.07, 6.45) is 0. The number of hydrogen-bond acceptors (Lipinski definition) is 5. The smallest absolute Gasteiger partial charge is 0.173 e. The Bertz CT molecular complexity index is 571. The Kier molecular flexibility index (Phi) is 3.46. The molecule has 100 valence electrons. The molecule has 0 aliphatic heterocycles. The lowest BCUT2D eigenvalue weighted by molar-refractivity contribution is 0.189. The molecular weight excluding hydrogens is 363 g/mol. The highest BCUT2D eigenvalue weighted by atomic mass is 127. The minimum atomic E-state index is -1.80. The number of aromatic hydroxyl groups is 4. The lowest BCUT2D eigenvalue weighted by Crippen LogP contribution is -2.19.